The van der Waals surface area contributed by atoms with Crippen LogP contribution in [-0.2, 0) is 0 Å². The minimum Gasteiger partial charge on any atom is -0.389 e. The van der Waals surface area contributed by atoms with Crippen LogP contribution in [0.1, 0.15) is 44.9 Å². The zero-order valence-corrected chi connectivity index (χ0v) is 10.7. The fourth-order valence-corrected chi connectivity index (χ4v) is 2.66. The number of rotatable bonds is 6. The van der Waals surface area contributed by atoms with E-state index in [1.165, 1.54) is 37.9 Å². The molecule has 0 heterocycles. The van der Waals surface area contributed by atoms with Crippen LogP contribution < -0.4 is 5.32 Å². The molecule has 0 radical (unpaired) electrons. The Balaban J connectivity index is 2.11. The molecular weight excluding hydrogens is 206 g/mol. The standard InChI is InChI=1S/C12H25NOS/c1-15-10-6-9-13-11-12(14)7-4-2-3-5-8-12/h13-14H,2-11H2,1H3. The lowest BCUT2D eigenvalue weighted by Crippen LogP contribution is -2.40. The van der Waals surface area contributed by atoms with Crippen molar-refractivity contribution >= 4 is 11.8 Å². The van der Waals surface area contributed by atoms with Gasteiger partial charge >= 0.3 is 0 Å². The number of nitrogens with one attached hydrogen (secondary N) is 1. The number of thioether (sulfide) groups is 1. The van der Waals surface area contributed by atoms with Gasteiger partial charge in [0.15, 0.2) is 0 Å². The molecule has 0 aliphatic heterocycles. The van der Waals surface area contributed by atoms with Gasteiger partial charge in [-0.3, -0.25) is 0 Å². The van der Waals surface area contributed by atoms with Crippen molar-refractivity contribution < 1.29 is 5.11 Å². The highest BCUT2D eigenvalue weighted by molar-refractivity contribution is 7.98. The molecule has 1 aliphatic carbocycles. The Morgan fingerprint density at radius 2 is 1.87 bits per heavy atom. The largest absolute Gasteiger partial charge is 0.389 e. The molecule has 90 valence electrons. The normalized spacial score (nSPS) is 21.2. The monoisotopic (exact) mass is 231 g/mol. The van der Waals surface area contributed by atoms with Crippen LogP contribution in [0, 0.1) is 0 Å². The highest BCUT2D eigenvalue weighted by Gasteiger charge is 2.26. The third kappa shape index (κ3) is 5.79. The maximum atomic E-state index is 10.3. The van der Waals surface area contributed by atoms with Crippen molar-refractivity contribution in [2.75, 3.05) is 25.1 Å². The Bertz CT molecular complexity index is 156. The van der Waals surface area contributed by atoms with E-state index in [9.17, 15) is 5.11 Å². The second-order valence-corrected chi connectivity index (χ2v) is 5.65. The van der Waals surface area contributed by atoms with E-state index in [-0.39, 0.29) is 0 Å². The molecule has 0 aromatic heterocycles. The topological polar surface area (TPSA) is 32.3 Å². The van der Waals surface area contributed by atoms with Crippen molar-refractivity contribution in [2.45, 2.75) is 50.5 Å². The third-order valence-corrected chi connectivity index (χ3v) is 3.89. The van der Waals surface area contributed by atoms with Crippen molar-refractivity contribution in [2.24, 2.45) is 0 Å². The molecule has 2 nitrogen and oxygen atoms in total. The van der Waals surface area contributed by atoms with Gasteiger partial charge in [-0.1, -0.05) is 25.7 Å². The fraction of sp³-hybridized carbons (Fsp3) is 1.00. The Hall–Kier alpha value is 0.270. The van der Waals surface area contributed by atoms with E-state index in [0.717, 1.165) is 25.9 Å². The van der Waals surface area contributed by atoms with Crippen LogP contribution in [0.25, 0.3) is 0 Å². The maximum Gasteiger partial charge on any atom is 0.0771 e. The zero-order valence-electron chi connectivity index (χ0n) is 9.93. The summed E-state index contributed by atoms with van der Waals surface area (Å²) in [6.45, 7) is 1.84. The molecule has 3 heteroatoms. The van der Waals surface area contributed by atoms with Gasteiger partial charge in [0.1, 0.15) is 0 Å². The summed E-state index contributed by atoms with van der Waals surface area (Å²) < 4.78 is 0. The van der Waals surface area contributed by atoms with Crippen LogP contribution in [0.15, 0.2) is 0 Å². The molecule has 0 spiro atoms. The summed E-state index contributed by atoms with van der Waals surface area (Å²) in [5.41, 5.74) is -0.407. The molecule has 15 heavy (non-hydrogen) atoms. The van der Waals surface area contributed by atoms with E-state index >= 15 is 0 Å². The lowest BCUT2D eigenvalue weighted by Gasteiger charge is -2.26. The second-order valence-electron chi connectivity index (χ2n) is 4.66. The van der Waals surface area contributed by atoms with Gasteiger partial charge in [-0.05, 0) is 37.8 Å². The molecule has 0 bridgehead atoms. The van der Waals surface area contributed by atoms with Crippen molar-refractivity contribution in [1.82, 2.24) is 5.32 Å². The van der Waals surface area contributed by atoms with Gasteiger partial charge in [0, 0.05) is 6.54 Å². The van der Waals surface area contributed by atoms with Crippen LogP contribution in [0.3, 0.4) is 0 Å². The highest BCUT2D eigenvalue weighted by Crippen LogP contribution is 2.26. The van der Waals surface area contributed by atoms with Crippen LogP contribution in [0.2, 0.25) is 0 Å². The van der Waals surface area contributed by atoms with Crippen molar-refractivity contribution in [1.29, 1.82) is 0 Å². The van der Waals surface area contributed by atoms with E-state index in [1.54, 1.807) is 0 Å². The summed E-state index contributed by atoms with van der Waals surface area (Å²) in [7, 11) is 0. The summed E-state index contributed by atoms with van der Waals surface area (Å²) >= 11 is 1.89. The molecule has 1 rings (SSSR count). The van der Waals surface area contributed by atoms with Gasteiger partial charge < -0.3 is 10.4 Å². The van der Waals surface area contributed by atoms with E-state index in [2.05, 4.69) is 11.6 Å². The predicted molar refractivity (Wildman–Crippen MR) is 68.5 cm³/mol. The summed E-state index contributed by atoms with van der Waals surface area (Å²) in [6, 6.07) is 0. The van der Waals surface area contributed by atoms with Crippen molar-refractivity contribution in [3.05, 3.63) is 0 Å². The molecule has 1 aliphatic rings. The quantitative estimate of drug-likeness (QED) is 0.544. The summed E-state index contributed by atoms with van der Waals surface area (Å²) in [5.74, 6) is 1.21. The first-order valence-corrected chi connectivity index (χ1v) is 7.58. The first-order valence-electron chi connectivity index (χ1n) is 6.19. The van der Waals surface area contributed by atoms with Crippen LogP contribution in [0.4, 0.5) is 0 Å². The molecule has 2 N–H and O–H groups in total. The van der Waals surface area contributed by atoms with Gasteiger partial charge in [0.2, 0.25) is 0 Å². The molecular formula is C12H25NOS. The first kappa shape index (κ1) is 13.3. The van der Waals surface area contributed by atoms with Crippen LogP contribution in [-0.4, -0.2) is 35.8 Å². The average molecular weight is 231 g/mol. The van der Waals surface area contributed by atoms with E-state index in [1.807, 2.05) is 11.8 Å². The van der Waals surface area contributed by atoms with Crippen LogP contribution in [0.5, 0.6) is 0 Å². The molecule has 0 aromatic rings. The van der Waals surface area contributed by atoms with Gasteiger partial charge in [0.25, 0.3) is 0 Å². The van der Waals surface area contributed by atoms with Gasteiger partial charge in [-0.2, -0.15) is 11.8 Å². The van der Waals surface area contributed by atoms with E-state index in [0.29, 0.717) is 0 Å². The predicted octanol–water partition coefficient (Wildman–Crippen LogP) is 2.41. The third-order valence-electron chi connectivity index (χ3n) is 3.19. The van der Waals surface area contributed by atoms with Gasteiger partial charge in [0.05, 0.1) is 5.60 Å². The van der Waals surface area contributed by atoms with Crippen molar-refractivity contribution in [3.8, 4) is 0 Å². The molecule has 1 saturated carbocycles. The van der Waals surface area contributed by atoms with Crippen molar-refractivity contribution in [3.63, 3.8) is 0 Å². The summed E-state index contributed by atoms with van der Waals surface area (Å²) in [6.07, 6.45) is 10.3. The fourth-order valence-electron chi connectivity index (χ4n) is 2.23. The Labute approximate surface area is 98.2 Å². The molecule has 0 amide bonds. The average Bonchev–Trinajstić information content (AvgIpc) is 2.43. The summed E-state index contributed by atoms with van der Waals surface area (Å²) in [4.78, 5) is 0. The minimum absolute atomic E-state index is 0.407. The summed E-state index contributed by atoms with van der Waals surface area (Å²) in [5, 5.41) is 13.7. The van der Waals surface area contributed by atoms with Gasteiger partial charge in [-0.25, -0.2) is 0 Å². The minimum atomic E-state index is -0.407. The smallest absolute Gasteiger partial charge is 0.0771 e. The van der Waals surface area contributed by atoms with Gasteiger partial charge in [-0.15, -0.1) is 0 Å². The molecule has 1 fully saturated rings. The Morgan fingerprint density at radius 3 is 2.47 bits per heavy atom. The van der Waals surface area contributed by atoms with Crippen LogP contribution >= 0.6 is 11.8 Å². The van der Waals surface area contributed by atoms with E-state index in [4.69, 9.17) is 0 Å². The molecule has 0 saturated heterocycles. The number of hydrogen-bond acceptors (Lipinski definition) is 3. The molecule has 0 aromatic carbocycles. The first-order chi connectivity index (χ1) is 7.27. The second kappa shape index (κ2) is 7.53. The Kier molecular flexibility index (Phi) is 6.69. The number of aliphatic hydroxyl groups is 1. The van der Waals surface area contributed by atoms with E-state index < -0.39 is 5.60 Å². The number of hydrogen-bond donors (Lipinski definition) is 2. The molecule has 0 atom stereocenters. The lowest BCUT2D eigenvalue weighted by molar-refractivity contribution is 0.0255. The Morgan fingerprint density at radius 1 is 1.20 bits per heavy atom. The SMILES string of the molecule is CSCCCNCC1(O)CCCCCC1. The lowest BCUT2D eigenvalue weighted by atomic mass is 9.94. The molecule has 0 unspecified atom stereocenters. The zero-order chi connectivity index (χ0) is 11.0. The highest BCUT2D eigenvalue weighted by atomic mass is 32.2. The maximum absolute atomic E-state index is 10.3.